The van der Waals surface area contributed by atoms with Gasteiger partial charge in [0.1, 0.15) is 0 Å². The van der Waals surface area contributed by atoms with Crippen molar-refractivity contribution in [3.8, 4) is 0 Å². The van der Waals surface area contributed by atoms with Gasteiger partial charge in [0.2, 0.25) is 0 Å². The predicted octanol–water partition coefficient (Wildman–Crippen LogP) is 8.95. The van der Waals surface area contributed by atoms with Gasteiger partial charge in [0.15, 0.2) is 0 Å². The van der Waals surface area contributed by atoms with Gasteiger partial charge in [0.25, 0.3) is 0 Å². The molecule has 0 N–H and O–H groups in total. The zero-order chi connectivity index (χ0) is 24.1. The van der Waals surface area contributed by atoms with Gasteiger partial charge in [-0.3, -0.25) is 9.59 Å². The third-order valence-electron chi connectivity index (χ3n) is 5.48. The van der Waals surface area contributed by atoms with E-state index in [0.717, 1.165) is 24.6 Å². The molecule has 0 aliphatic carbocycles. The largest absolute Gasteiger partial charge is 0.469 e. The van der Waals surface area contributed by atoms with E-state index >= 15 is 0 Å². The molecule has 0 aliphatic heterocycles. The lowest BCUT2D eigenvalue weighted by Crippen LogP contribution is -1.99. The van der Waals surface area contributed by atoms with Gasteiger partial charge in [0, 0.05) is 18.2 Å². The lowest BCUT2D eigenvalue weighted by Gasteiger charge is -2.01. The van der Waals surface area contributed by atoms with Crippen LogP contribution in [0.25, 0.3) is 0 Å². The molecule has 0 fully saturated rings. The van der Waals surface area contributed by atoms with Gasteiger partial charge in [-0.15, -0.1) is 0 Å². The van der Waals surface area contributed by atoms with Crippen molar-refractivity contribution in [1.29, 1.82) is 0 Å². The SMILES string of the molecule is COC(=O)CCCCCCCCCCCBr.COC(=O)CCCCCCCCCCCI. The number of alkyl halides is 2. The lowest BCUT2D eigenvalue weighted by molar-refractivity contribution is -0.141. The fourth-order valence-electron chi connectivity index (χ4n) is 3.41. The normalized spacial score (nSPS) is 10.4. The van der Waals surface area contributed by atoms with Crippen LogP contribution in [0, 0.1) is 0 Å². The monoisotopic (exact) mass is 632 g/mol. The summed E-state index contributed by atoms with van der Waals surface area (Å²) >= 11 is 5.88. The number of hydrogen-bond acceptors (Lipinski definition) is 4. The average molecular weight is 633 g/mol. The molecule has 32 heavy (non-hydrogen) atoms. The van der Waals surface area contributed by atoms with Crippen molar-refractivity contribution in [2.45, 2.75) is 128 Å². The Morgan fingerprint density at radius 2 is 0.812 bits per heavy atom. The highest BCUT2D eigenvalue weighted by Crippen LogP contribution is 2.12. The molecule has 0 aromatic carbocycles. The Labute approximate surface area is 221 Å². The van der Waals surface area contributed by atoms with Crippen molar-refractivity contribution < 1.29 is 19.1 Å². The van der Waals surface area contributed by atoms with E-state index in [9.17, 15) is 9.59 Å². The summed E-state index contributed by atoms with van der Waals surface area (Å²) in [5.74, 6) is -0.145. The van der Waals surface area contributed by atoms with Crippen LogP contribution in [0.1, 0.15) is 128 Å². The van der Waals surface area contributed by atoms with Crippen LogP contribution in [-0.2, 0) is 19.1 Å². The molecule has 0 aliphatic rings. The summed E-state index contributed by atoms with van der Waals surface area (Å²) in [5.41, 5.74) is 0. The van der Waals surface area contributed by atoms with E-state index in [-0.39, 0.29) is 11.9 Å². The molecule has 0 atom stereocenters. The maximum atomic E-state index is 10.8. The number of rotatable bonds is 22. The van der Waals surface area contributed by atoms with Gasteiger partial charge in [0.05, 0.1) is 14.2 Å². The molecule has 6 heteroatoms. The highest BCUT2D eigenvalue weighted by atomic mass is 127. The summed E-state index contributed by atoms with van der Waals surface area (Å²) in [4.78, 5) is 21.6. The molecular formula is C26H50BrIO4. The van der Waals surface area contributed by atoms with Crippen molar-refractivity contribution >= 4 is 50.5 Å². The number of halogens is 2. The summed E-state index contributed by atoms with van der Waals surface area (Å²) in [7, 11) is 2.91. The summed E-state index contributed by atoms with van der Waals surface area (Å²) in [6.45, 7) is 0. The van der Waals surface area contributed by atoms with E-state index in [2.05, 4.69) is 48.0 Å². The molecule has 0 heterocycles. The van der Waals surface area contributed by atoms with E-state index in [1.165, 1.54) is 115 Å². The Kier molecular flexibility index (Phi) is 33.4. The maximum Gasteiger partial charge on any atom is 0.305 e. The van der Waals surface area contributed by atoms with Crippen LogP contribution >= 0.6 is 38.5 Å². The minimum atomic E-state index is -0.0743. The van der Waals surface area contributed by atoms with Crippen molar-refractivity contribution in [1.82, 2.24) is 0 Å². The minimum Gasteiger partial charge on any atom is -0.469 e. The van der Waals surface area contributed by atoms with Crippen LogP contribution in [-0.4, -0.2) is 35.9 Å². The first-order valence-corrected chi connectivity index (χ1v) is 15.5. The third-order valence-corrected chi connectivity index (χ3v) is 6.81. The zero-order valence-corrected chi connectivity index (χ0v) is 24.7. The first kappa shape index (κ1) is 34.3. The summed E-state index contributed by atoms with van der Waals surface area (Å²) in [5, 5.41) is 1.14. The third kappa shape index (κ3) is 32.3. The van der Waals surface area contributed by atoms with Crippen LogP contribution in [0.2, 0.25) is 0 Å². The topological polar surface area (TPSA) is 52.6 Å². The molecule has 0 amide bonds. The van der Waals surface area contributed by atoms with Gasteiger partial charge in [-0.05, 0) is 30.1 Å². The molecule has 0 unspecified atom stereocenters. The van der Waals surface area contributed by atoms with E-state index in [4.69, 9.17) is 0 Å². The van der Waals surface area contributed by atoms with Crippen LogP contribution in [0.3, 0.4) is 0 Å². The van der Waals surface area contributed by atoms with Crippen LogP contribution in [0.15, 0.2) is 0 Å². The molecular weight excluding hydrogens is 583 g/mol. The van der Waals surface area contributed by atoms with Gasteiger partial charge in [-0.1, -0.05) is 128 Å². The Morgan fingerprint density at radius 3 is 1.09 bits per heavy atom. The van der Waals surface area contributed by atoms with Crippen LogP contribution < -0.4 is 0 Å². The molecule has 0 spiro atoms. The molecule has 4 nitrogen and oxygen atoms in total. The van der Waals surface area contributed by atoms with Gasteiger partial charge in [-0.2, -0.15) is 0 Å². The second kappa shape index (κ2) is 31.1. The van der Waals surface area contributed by atoms with Crippen molar-refractivity contribution in [2.75, 3.05) is 24.0 Å². The number of carbonyl (C=O) groups excluding carboxylic acids is 2. The van der Waals surface area contributed by atoms with Crippen LogP contribution in [0.5, 0.6) is 0 Å². The molecule has 192 valence electrons. The van der Waals surface area contributed by atoms with Crippen molar-refractivity contribution in [3.05, 3.63) is 0 Å². The Hall–Kier alpha value is 0.150. The zero-order valence-electron chi connectivity index (χ0n) is 20.9. The van der Waals surface area contributed by atoms with E-state index in [1.54, 1.807) is 0 Å². The van der Waals surface area contributed by atoms with Crippen LogP contribution in [0.4, 0.5) is 0 Å². The Bertz CT molecular complexity index is 358. The summed E-state index contributed by atoms with van der Waals surface area (Å²) in [6.07, 6.45) is 24.3. The molecule has 0 aromatic rings. The first-order valence-electron chi connectivity index (χ1n) is 12.9. The number of unbranched alkanes of at least 4 members (excludes halogenated alkanes) is 16. The molecule has 0 radical (unpaired) electrons. The molecule has 0 bridgehead atoms. The lowest BCUT2D eigenvalue weighted by atomic mass is 10.1. The summed E-state index contributed by atoms with van der Waals surface area (Å²) < 4.78 is 10.5. The molecule has 0 saturated carbocycles. The van der Waals surface area contributed by atoms with Gasteiger partial charge < -0.3 is 9.47 Å². The first-order chi connectivity index (χ1) is 15.6. The number of esters is 2. The molecule has 0 saturated heterocycles. The van der Waals surface area contributed by atoms with Crippen molar-refractivity contribution in [2.24, 2.45) is 0 Å². The highest BCUT2D eigenvalue weighted by Gasteiger charge is 2.00. The molecule has 0 rings (SSSR count). The fourth-order valence-corrected chi connectivity index (χ4v) is 4.34. The second-order valence-corrected chi connectivity index (χ2v) is 10.3. The second-order valence-electron chi connectivity index (χ2n) is 8.39. The number of ether oxygens (including phenoxy) is 2. The summed E-state index contributed by atoms with van der Waals surface area (Å²) in [6, 6.07) is 0. The van der Waals surface area contributed by atoms with Crippen molar-refractivity contribution in [3.63, 3.8) is 0 Å². The maximum absolute atomic E-state index is 10.8. The van der Waals surface area contributed by atoms with Gasteiger partial charge >= 0.3 is 11.9 Å². The van der Waals surface area contributed by atoms with E-state index in [0.29, 0.717) is 12.8 Å². The fraction of sp³-hybridized carbons (Fsp3) is 0.923. The Balaban J connectivity index is 0. The van der Waals surface area contributed by atoms with E-state index in [1.807, 2.05) is 0 Å². The quantitative estimate of drug-likeness (QED) is 0.0517. The van der Waals surface area contributed by atoms with E-state index < -0.39 is 0 Å². The average Bonchev–Trinajstić information content (AvgIpc) is 2.81. The minimum absolute atomic E-state index is 0.0706. The Morgan fingerprint density at radius 1 is 0.531 bits per heavy atom. The standard InChI is InChI=1S/C13H25BrO2.C13H25IO2/c2*1-16-13(15)11-9-7-5-3-2-4-6-8-10-12-14/h2*2-12H2,1H3. The number of methoxy groups -OCH3 is 2. The number of hydrogen-bond donors (Lipinski definition) is 0. The smallest absolute Gasteiger partial charge is 0.305 e. The number of carbonyl (C=O) groups is 2. The molecule has 0 aromatic heterocycles. The predicted molar refractivity (Wildman–Crippen MR) is 149 cm³/mol. The highest BCUT2D eigenvalue weighted by molar-refractivity contribution is 14.1. The van der Waals surface area contributed by atoms with Gasteiger partial charge in [-0.25, -0.2) is 0 Å².